The van der Waals surface area contributed by atoms with Gasteiger partial charge in [0.2, 0.25) is 29.5 Å². The zero-order valence-electron chi connectivity index (χ0n) is 46.7. The van der Waals surface area contributed by atoms with Crippen LogP contribution in [0.15, 0.2) is 83.3 Å². The van der Waals surface area contributed by atoms with Crippen molar-refractivity contribution >= 4 is 63.3 Å². The highest BCUT2D eigenvalue weighted by molar-refractivity contribution is 7.90. The van der Waals surface area contributed by atoms with Gasteiger partial charge in [-0.2, -0.15) is 0 Å². The molecule has 0 saturated carbocycles. The van der Waals surface area contributed by atoms with Crippen LogP contribution in [0, 0.1) is 17.3 Å². The fourth-order valence-electron chi connectivity index (χ4n) is 8.73. The lowest BCUT2D eigenvalue weighted by molar-refractivity contribution is -0.141. The van der Waals surface area contributed by atoms with Gasteiger partial charge in [0, 0.05) is 56.2 Å². The molecular weight excluding hydrogens is 1010 g/mol. The Bertz CT molecular complexity index is 2580. The molecule has 1 aliphatic heterocycles. The lowest BCUT2D eigenvalue weighted by Gasteiger charge is -2.40. The van der Waals surface area contributed by atoms with Gasteiger partial charge in [0.05, 0.1) is 17.0 Å². The minimum absolute atomic E-state index is 0.0226. The van der Waals surface area contributed by atoms with Crippen LogP contribution in [0.25, 0.3) is 0 Å². The highest BCUT2D eigenvalue weighted by atomic mass is 32.2. The van der Waals surface area contributed by atoms with E-state index < -0.39 is 86.6 Å². The molecular formula is C55H82N10O11S. The zero-order chi connectivity index (χ0) is 58.0. The Hall–Kier alpha value is -6.94. The molecule has 1 heterocycles. The minimum Gasteiger partial charge on any atom is -0.352 e. The van der Waals surface area contributed by atoms with Crippen molar-refractivity contribution in [3.05, 3.63) is 89.5 Å². The van der Waals surface area contributed by atoms with Crippen molar-refractivity contribution in [3.63, 3.8) is 0 Å². The number of nitrogens with zero attached hydrogens (tertiary/aromatic N) is 2. The summed E-state index contributed by atoms with van der Waals surface area (Å²) in [7, 11) is -1.16. The van der Waals surface area contributed by atoms with Gasteiger partial charge in [-0.05, 0) is 80.2 Å². The summed E-state index contributed by atoms with van der Waals surface area (Å²) in [6, 6.07) is 9.74. The molecule has 1 aliphatic rings. The number of imide groups is 1. The van der Waals surface area contributed by atoms with Gasteiger partial charge in [0.15, 0.2) is 0 Å². The van der Waals surface area contributed by atoms with Crippen LogP contribution >= 0.6 is 0 Å². The number of hydrogen-bond acceptors (Lipinski definition) is 12. The number of nitrogens with one attached hydrogen (secondary N) is 7. The van der Waals surface area contributed by atoms with Crippen molar-refractivity contribution in [2.24, 2.45) is 23.0 Å². The van der Waals surface area contributed by atoms with Gasteiger partial charge in [-0.3, -0.25) is 43.3 Å². The van der Waals surface area contributed by atoms with Gasteiger partial charge in [-0.1, -0.05) is 117 Å². The number of rotatable bonds is 29. The van der Waals surface area contributed by atoms with Crippen LogP contribution in [0.2, 0.25) is 0 Å². The van der Waals surface area contributed by atoms with Gasteiger partial charge in [0.1, 0.15) is 18.1 Å². The number of nitrogens with two attached hydrogens (primary N) is 1. The van der Waals surface area contributed by atoms with E-state index in [1.54, 1.807) is 27.9 Å². The van der Waals surface area contributed by atoms with E-state index in [0.717, 1.165) is 10.5 Å². The third kappa shape index (κ3) is 19.2. The lowest BCUT2D eigenvalue weighted by Crippen LogP contribution is -2.61. The molecule has 2 aromatic rings. The van der Waals surface area contributed by atoms with Crippen molar-refractivity contribution in [2.75, 3.05) is 27.2 Å². The third-order valence-corrected chi connectivity index (χ3v) is 14.8. The molecule has 3 rings (SSSR count). The van der Waals surface area contributed by atoms with Crippen LogP contribution in [0.4, 0.5) is 4.79 Å². The summed E-state index contributed by atoms with van der Waals surface area (Å²) in [6.45, 7) is 18.3. The standard InChI is InChI=1S/C55H82N10O11S/c1-34(2)41(64(12)52(73)47(54(6,7)8)62-51(72)46(57-11)55(9,10)38-20-15-13-16-21-38)32-36(5)48(69)63-77(75,76)39-26-24-37(25-27-39)33-59-49(70)40(22-19-30-58-53(56)74)60-50(71)45(35(3)4)61-42(66)23-17-14-18-31-65-43(67)28-29-44(65)68/h13,15-16,20-21,24-29,32,34-35,40-41,45-47,57H,14,17-19,22-23,30-31,33H2,1-12H3,(H,59,70)(H,60,71)(H,61,66)(H,62,72)(H,63,69)(H3,56,58,74)/b36-32+. The molecule has 0 bridgehead atoms. The Kier molecular flexibility index (Phi) is 24.2. The largest absolute Gasteiger partial charge is 0.352 e. The van der Waals surface area contributed by atoms with E-state index in [-0.39, 0.29) is 78.9 Å². The van der Waals surface area contributed by atoms with Crippen LogP contribution in [0.1, 0.15) is 119 Å². The molecule has 77 heavy (non-hydrogen) atoms. The first-order chi connectivity index (χ1) is 35.9. The number of sulfonamides is 1. The second-order valence-electron chi connectivity index (χ2n) is 21.7. The van der Waals surface area contributed by atoms with E-state index in [1.807, 2.05) is 78.8 Å². The predicted molar refractivity (Wildman–Crippen MR) is 292 cm³/mol. The Morgan fingerprint density at radius 1 is 0.740 bits per heavy atom. The van der Waals surface area contributed by atoms with Crippen LogP contribution in [0.3, 0.4) is 0 Å². The molecule has 0 aliphatic carbocycles. The van der Waals surface area contributed by atoms with Crippen molar-refractivity contribution in [1.29, 1.82) is 0 Å². The van der Waals surface area contributed by atoms with Gasteiger partial charge in [0.25, 0.3) is 27.7 Å². The Balaban J connectivity index is 1.67. The fraction of sp³-hybridized carbons (Fsp3) is 0.545. The maximum absolute atomic E-state index is 14.4. The molecule has 5 atom stereocenters. The quantitative estimate of drug-likeness (QED) is 0.0331. The summed E-state index contributed by atoms with van der Waals surface area (Å²) in [5.74, 6) is -4.69. The number of carbonyl (C=O) groups is 9. The monoisotopic (exact) mass is 1090 g/mol. The first-order valence-electron chi connectivity index (χ1n) is 26.0. The van der Waals surface area contributed by atoms with Crippen LogP contribution < -0.4 is 42.4 Å². The molecule has 5 unspecified atom stereocenters. The predicted octanol–water partition coefficient (Wildman–Crippen LogP) is 3.19. The summed E-state index contributed by atoms with van der Waals surface area (Å²) >= 11 is 0. The summed E-state index contributed by atoms with van der Waals surface area (Å²) < 4.78 is 29.2. The molecule has 2 aromatic carbocycles. The Morgan fingerprint density at radius 2 is 1.35 bits per heavy atom. The molecule has 10 amide bonds. The summed E-state index contributed by atoms with van der Waals surface area (Å²) in [5, 5.41) is 16.8. The Labute approximate surface area is 454 Å². The van der Waals surface area contributed by atoms with E-state index in [4.69, 9.17) is 5.73 Å². The number of hydrogen-bond donors (Lipinski definition) is 8. The maximum atomic E-state index is 14.4. The first-order valence-corrected chi connectivity index (χ1v) is 27.5. The summed E-state index contributed by atoms with van der Waals surface area (Å²) in [4.78, 5) is 119. The van der Waals surface area contributed by atoms with Gasteiger partial charge >= 0.3 is 6.03 Å². The molecule has 424 valence electrons. The summed E-state index contributed by atoms with van der Waals surface area (Å²) in [5.41, 5.74) is 5.24. The topological polar surface area (TPSA) is 304 Å². The smallest absolute Gasteiger partial charge is 0.312 e. The molecule has 0 radical (unpaired) electrons. The fourth-order valence-corrected chi connectivity index (χ4v) is 9.75. The van der Waals surface area contributed by atoms with E-state index in [2.05, 4.69) is 36.6 Å². The van der Waals surface area contributed by atoms with Crippen LogP contribution in [-0.2, 0) is 60.3 Å². The second kappa shape index (κ2) is 29.0. The first kappa shape index (κ1) is 64.3. The van der Waals surface area contributed by atoms with Gasteiger partial charge < -0.3 is 42.5 Å². The molecule has 9 N–H and O–H groups in total. The van der Waals surface area contributed by atoms with Crippen LogP contribution in [0.5, 0.6) is 0 Å². The average molecular weight is 1090 g/mol. The summed E-state index contributed by atoms with van der Waals surface area (Å²) in [6.07, 6.45) is 5.84. The van der Waals surface area contributed by atoms with Crippen molar-refractivity contribution in [3.8, 4) is 0 Å². The molecule has 0 aromatic heterocycles. The van der Waals surface area contributed by atoms with Crippen LogP contribution in [-0.4, -0.2) is 129 Å². The van der Waals surface area contributed by atoms with Crippen molar-refractivity contribution in [2.45, 2.75) is 155 Å². The van der Waals surface area contributed by atoms with E-state index in [9.17, 15) is 51.6 Å². The number of carbonyl (C=O) groups excluding carboxylic acids is 9. The third-order valence-electron chi connectivity index (χ3n) is 13.4. The average Bonchev–Trinajstić information content (AvgIpc) is 3.68. The van der Waals surface area contributed by atoms with E-state index in [0.29, 0.717) is 24.8 Å². The maximum Gasteiger partial charge on any atom is 0.312 e. The SMILES string of the molecule is CNC(C(=O)NC(C(=O)N(C)C(/C=C(\C)C(=O)NS(=O)(=O)c1ccc(CNC(=O)C(CCCNC(N)=O)NC(=O)C(NC(=O)CCCCCN2C(=O)C=CC2=O)C(C)C)cc1)C(C)C)C(C)(C)C)C(C)(C)c1ccccc1. The number of unbranched alkanes of at least 4 members (excludes halogenated alkanes) is 2. The van der Waals surface area contributed by atoms with Gasteiger partial charge in [-0.15, -0.1) is 0 Å². The molecule has 0 fully saturated rings. The molecule has 21 nitrogen and oxygen atoms in total. The minimum atomic E-state index is -4.42. The number of primary amides is 1. The number of likely N-dealkylation sites (N-methyl/N-ethyl adjacent to an activating group) is 2. The lowest BCUT2D eigenvalue weighted by atomic mass is 9.76. The Morgan fingerprint density at radius 3 is 1.90 bits per heavy atom. The number of urea groups is 1. The molecule has 0 saturated heterocycles. The van der Waals surface area contributed by atoms with Gasteiger partial charge in [-0.25, -0.2) is 17.9 Å². The highest BCUT2D eigenvalue weighted by Gasteiger charge is 2.42. The van der Waals surface area contributed by atoms with Crippen molar-refractivity contribution < 1.29 is 51.6 Å². The van der Waals surface area contributed by atoms with E-state index >= 15 is 0 Å². The number of benzene rings is 2. The van der Waals surface area contributed by atoms with Crippen molar-refractivity contribution in [1.82, 2.24) is 46.4 Å². The second-order valence-corrected chi connectivity index (χ2v) is 23.4. The number of amides is 10. The normalized spacial score (nSPS) is 15.0. The molecule has 22 heteroatoms. The van der Waals surface area contributed by atoms with E-state index in [1.165, 1.54) is 54.3 Å². The highest BCUT2D eigenvalue weighted by Crippen LogP contribution is 2.29. The zero-order valence-corrected chi connectivity index (χ0v) is 47.5. The molecule has 0 spiro atoms.